The van der Waals surface area contributed by atoms with Gasteiger partial charge in [0.25, 0.3) is 0 Å². The third-order valence-electron chi connectivity index (χ3n) is 6.90. The molecule has 4 heteroatoms. The average molecular weight is 417 g/mol. The van der Waals surface area contributed by atoms with Gasteiger partial charge < -0.3 is 15.3 Å². The van der Waals surface area contributed by atoms with E-state index in [4.69, 9.17) is 0 Å². The molecule has 29 heavy (non-hydrogen) atoms. The number of fused-ring (bicyclic) bond motifs is 3. The SMILES string of the molecule is CCN(CC)CCCN1CC[C@H]2c3ccccc3[C@@H](c3ccccc3)[C@H]2C1.Cl.O. The van der Waals surface area contributed by atoms with E-state index in [0.29, 0.717) is 5.92 Å². The maximum Gasteiger partial charge on any atom is 0.0138 e. The van der Waals surface area contributed by atoms with Gasteiger partial charge in [-0.1, -0.05) is 68.4 Å². The Hall–Kier alpha value is -1.39. The van der Waals surface area contributed by atoms with Crippen LogP contribution in [0.4, 0.5) is 0 Å². The van der Waals surface area contributed by atoms with Gasteiger partial charge in [-0.15, -0.1) is 12.4 Å². The fourth-order valence-corrected chi connectivity index (χ4v) is 5.49. The Balaban J connectivity index is 0.00000150. The summed E-state index contributed by atoms with van der Waals surface area (Å²) >= 11 is 0. The quantitative estimate of drug-likeness (QED) is 0.663. The molecule has 4 rings (SSSR count). The molecule has 0 aromatic heterocycles. The van der Waals surface area contributed by atoms with Crippen LogP contribution in [-0.4, -0.2) is 54.5 Å². The van der Waals surface area contributed by atoms with Gasteiger partial charge >= 0.3 is 0 Å². The van der Waals surface area contributed by atoms with Crippen LogP contribution in [0, 0.1) is 5.92 Å². The fourth-order valence-electron chi connectivity index (χ4n) is 5.49. The van der Waals surface area contributed by atoms with E-state index < -0.39 is 0 Å². The topological polar surface area (TPSA) is 38.0 Å². The summed E-state index contributed by atoms with van der Waals surface area (Å²) in [5.41, 5.74) is 4.71. The number of likely N-dealkylation sites (tertiary alicyclic amines) is 1. The molecule has 1 saturated heterocycles. The summed E-state index contributed by atoms with van der Waals surface area (Å²) in [6.07, 6.45) is 2.61. The molecule has 0 amide bonds. The largest absolute Gasteiger partial charge is 0.412 e. The third-order valence-corrected chi connectivity index (χ3v) is 6.90. The standard InChI is InChI=1S/C25H34N2.ClH.H2O/c1-3-26(4-2)16-10-17-27-18-15-22-21-13-8-9-14-23(21)25(24(22)19-27)20-11-6-5-7-12-20;;/h5-9,11-14,22,24-25H,3-4,10,15-19H2,1-2H3;1H;1H2/t22-,24-,25+;;/m0../s1. The van der Waals surface area contributed by atoms with Crippen LogP contribution in [0.3, 0.4) is 0 Å². The smallest absolute Gasteiger partial charge is 0.0138 e. The van der Waals surface area contributed by atoms with E-state index in [1.54, 1.807) is 11.1 Å². The fraction of sp³-hybridized carbons (Fsp3) is 0.520. The van der Waals surface area contributed by atoms with Gasteiger partial charge in [0.15, 0.2) is 0 Å². The van der Waals surface area contributed by atoms with E-state index >= 15 is 0 Å². The highest BCUT2D eigenvalue weighted by Gasteiger charge is 2.43. The van der Waals surface area contributed by atoms with E-state index in [1.165, 1.54) is 57.7 Å². The molecule has 2 aromatic rings. The summed E-state index contributed by atoms with van der Waals surface area (Å²) < 4.78 is 0. The molecule has 1 aliphatic carbocycles. The number of hydrogen-bond donors (Lipinski definition) is 0. The van der Waals surface area contributed by atoms with Gasteiger partial charge in [-0.25, -0.2) is 0 Å². The van der Waals surface area contributed by atoms with E-state index in [2.05, 4.69) is 78.2 Å². The Labute approximate surface area is 182 Å². The molecule has 160 valence electrons. The molecule has 0 spiro atoms. The van der Waals surface area contributed by atoms with Crippen molar-refractivity contribution in [3.63, 3.8) is 0 Å². The highest BCUT2D eigenvalue weighted by Crippen LogP contribution is 2.52. The molecule has 2 aliphatic rings. The van der Waals surface area contributed by atoms with Crippen LogP contribution in [0.5, 0.6) is 0 Å². The zero-order valence-electron chi connectivity index (χ0n) is 17.9. The molecule has 1 heterocycles. The maximum absolute atomic E-state index is 2.74. The minimum atomic E-state index is 0. The lowest BCUT2D eigenvalue weighted by Gasteiger charge is -2.38. The van der Waals surface area contributed by atoms with Crippen LogP contribution < -0.4 is 0 Å². The average Bonchev–Trinajstić information content (AvgIpc) is 3.05. The first-order valence-corrected chi connectivity index (χ1v) is 10.9. The lowest BCUT2D eigenvalue weighted by molar-refractivity contribution is 0.146. The Morgan fingerprint density at radius 1 is 0.931 bits per heavy atom. The number of benzene rings is 2. The van der Waals surface area contributed by atoms with Crippen molar-refractivity contribution < 1.29 is 5.48 Å². The predicted octanol–water partition coefficient (Wildman–Crippen LogP) is 4.57. The summed E-state index contributed by atoms with van der Waals surface area (Å²) in [5.74, 6) is 2.04. The van der Waals surface area contributed by atoms with Crippen molar-refractivity contribution in [3.05, 3.63) is 71.3 Å². The molecule has 3 nitrogen and oxygen atoms in total. The highest BCUT2D eigenvalue weighted by atomic mass is 35.5. The molecule has 1 fully saturated rings. The van der Waals surface area contributed by atoms with Crippen LogP contribution in [0.1, 0.15) is 55.2 Å². The molecule has 1 aliphatic heterocycles. The molecule has 0 unspecified atom stereocenters. The van der Waals surface area contributed by atoms with Crippen molar-refractivity contribution in [2.75, 3.05) is 39.3 Å². The molecule has 0 saturated carbocycles. The van der Waals surface area contributed by atoms with Crippen molar-refractivity contribution in [3.8, 4) is 0 Å². The molecule has 0 radical (unpaired) electrons. The summed E-state index contributed by atoms with van der Waals surface area (Å²) in [6.45, 7) is 11.9. The van der Waals surface area contributed by atoms with Crippen molar-refractivity contribution in [1.29, 1.82) is 0 Å². The third kappa shape index (κ3) is 5.03. The second-order valence-corrected chi connectivity index (χ2v) is 8.26. The van der Waals surface area contributed by atoms with Crippen molar-refractivity contribution in [2.45, 2.75) is 38.5 Å². The van der Waals surface area contributed by atoms with Gasteiger partial charge in [-0.2, -0.15) is 0 Å². The van der Waals surface area contributed by atoms with E-state index in [0.717, 1.165) is 11.8 Å². The Morgan fingerprint density at radius 2 is 1.59 bits per heavy atom. The Bertz CT molecular complexity index is 735. The first-order chi connectivity index (χ1) is 13.3. The molecular formula is C25H37ClN2O. The second-order valence-electron chi connectivity index (χ2n) is 8.26. The molecule has 2 N–H and O–H groups in total. The van der Waals surface area contributed by atoms with Crippen LogP contribution in [0.25, 0.3) is 0 Å². The molecule has 3 atom stereocenters. The zero-order valence-corrected chi connectivity index (χ0v) is 18.7. The van der Waals surface area contributed by atoms with E-state index in [1.807, 2.05) is 0 Å². The molecule has 0 bridgehead atoms. The van der Waals surface area contributed by atoms with Gasteiger partial charge in [0.2, 0.25) is 0 Å². The predicted molar refractivity (Wildman–Crippen MR) is 125 cm³/mol. The summed E-state index contributed by atoms with van der Waals surface area (Å²) in [6, 6.07) is 20.5. The van der Waals surface area contributed by atoms with Crippen molar-refractivity contribution in [2.24, 2.45) is 5.92 Å². The van der Waals surface area contributed by atoms with Gasteiger partial charge in [0.05, 0.1) is 0 Å². The number of hydrogen-bond acceptors (Lipinski definition) is 2. The monoisotopic (exact) mass is 416 g/mol. The summed E-state index contributed by atoms with van der Waals surface area (Å²) in [7, 11) is 0. The number of piperidine rings is 1. The lowest BCUT2D eigenvalue weighted by Crippen LogP contribution is -2.40. The normalized spacial score (nSPS) is 23.1. The number of halogens is 1. The maximum atomic E-state index is 2.74. The van der Waals surface area contributed by atoms with Gasteiger partial charge in [0.1, 0.15) is 0 Å². The second kappa shape index (κ2) is 11.1. The molecule has 2 aromatic carbocycles. The van der Waals surface area contributed by atoms with E-state index in [9.17, 15) is 0 Å². The Morgan fingerprint density at radius 3 is 2.28 bits per heavy atom. The van der Waals surface area contributed by atoms with Gasteiger partial charge in [-0.05, 0) is 74.1 Å². The minimum absolute atomic E-state index is 0. The lowest BCUT2D eigenvalue weighted by atomic mass is 9.79. The van der Waals surface area contributed by atoms with Crippen molar-refractivity contribution in [1.82, 2.24) is 9.80 Å². The van der Waals surface area contributed by atoms with Crippen LogP contribution >= 0.6 is 12.4 Å². The van der Waals surface area contributed by atoms with Crippen LogP contribution in [0.2, 0.25) is 0 Å². The van der Waals surface area contributed by atoms with Gasteiger partial charge in [-0.3, -0.25) is 0 Å². The Kier molecular flexibility index (Phi) is 9.16. The highest BCUT2D eigenvalue weighted by molar-refractivity contribution is 5.85. The van der Waals surface area contributed by atoms with Crippen LogP contribution in [-0.2, 0) is 0 Å². The minimum Gasteiger partial charge on any atom is -0.412 e. The van der Waals surface area contributed by atoms with E-state index in [-0.39, 0.29) is 17.9 Å². The molecular weight excluding hydrogens is 380 g/mol. The zero-order chi connectivity index (χ0) is 18.6. The first-order valence-electron chi connectivity index (χ1n) is 10.9. The summed E-state index contributed by atoms with van der Waals surface area (Å²) in [5, 5.41) is 0. The number of nitrogens with zero attached hydrogens (tertiary/aromatic N) is 2. The first kappa shape index (κ1) is 23.9. The van der Waals surface area contributed by atoms with Gasteiger partial charge in [0, 0.05) is 12.5 Å². The number of rotatable bonds is 7. The van der Waals surface area contributed by atoms with Crippen molar-refractivity contribution >= 4 is 12.4 Å². The van der Waals surface area contributed by atoms with Crippen LogP contribution in [0.15, 0.2) is 54.6 Å². The summed E-state index contributed by atoms with van der Waals surface area (Å²) in [4.78, 5) is 5.29.